The predicted molar refractivity (Wildman–Crippen MR) is 92.4 cm³/mol. The minimum atomic E-state index is -0.597. The van der Waals surface area contributed by atoms with Crippen molar-refractivity contribution in [3.8, 4) is 0 Å². The summed E-state index contributed by atoms with van der Waals surface area (Å²) >= 11 is 0. The van der Waals surface area contributed by atoms with Crippen LogP contribution in [-0.2, 0) is 16.1 Å². The Morgan fingerprint density at radius 3 is 2.72 bits per heavy atom. The zero-order valence-electron chi connectivity index (χ0n) is 14.3. The van der Waals surface area contributed by atoms with Crippen LogP contribution in [0.4, 0.5) is 10.2 Å². The third-order valence-corrected chi connectivity index (χ3v) is 4.47. The van der Waals surface area contributed by atoms with E-state index in [1.54, 1.807) is 4.90 Å². The van der Waals surface area contributed by atoms with E-state index in [2.05, 4.69) is 4.98 Å². The molecule has 3 rings (SSSR count). The van der Waals surface area contributed by atoms with E-state index in [4.69, 9.17) is 0 Å². The predicted octanol–water partition coefficient (Wildman–Crippen LogP) is 2.68. The molecular weight excluding hydrogens is 321 g/mol. The van der Waals surface area contributed by atoms with E-state index in [1.807, 2.05) is 31.2 Å². The van der Waals surface area contributed by atoms with E-state index in [0.29, 0.717) is 19.4 Å². The van der Waals surface area contributed by atoms with Gasteiger partial charge in [0.2, 0.25) is 5.91 Å². The smallest absolute Gasteiger partial charge is 0.250 e. The number of amides is 2. The highest BCUT2D eigenvalue weighted by atomic mass is 19.1. The zero-order valence-corrected chi connectivity index (χ0v) is 14.3. The van der Waals surface area contributed by atoms with Crippen LogP contribution < -0.4 is 4.90 Å². The van der Waals surface area contributed by atoms with E-state index >= 15 is 0 Å². The highest BCUT2D eigenvalue weighted by Gasteiger charge is 2.38. The Balaban J connectivity index is 1.79. The minimum Gasteiger partial charge on any atom is -0.326 e. The topological polar surface area (TPSA) is 53.5 Å². The summed E-state index contributed by atoms with van der Waals surface area (Å²) in [6.07, 6.45) is 2.19. The number of hydrogen-bond donors (Lipinski definition) is 0. The number of halogens is 1. The van der Waals surface area contributed by atoms with Gasteiger partial charge < -0.3 is 4.90 Å². The minimum absolute atomic E-state index is 0.0258. The Labute approximate surface area is 146 Å². The Hall–Kier alpha value is -2.76. The van der Waals surface area contributed by atoms with Crippen molar-refractivity contribution in [2.24, 2.45) is 0 Å². The summed E-state index contributed by atoms with van der Waals surface area (Å²) in [4.78, 5) is 31.8. The number of pyridine rings is 1. The third kappa shape index (κ3) is 3.52. The second-order valence-corrected chi connectivity index (χ2v) is 6.27. The molecule has 0 bridgehead atoms. The summed E-state index contributed by atoms with van der Waals surface area (Å²) < 4.78 is 13.9. The highest BCUT2D eigenvalue weighted by molar-refractivity contribution is 5.99. The summed E-state index contributed by atoms with van der Waals surface area (Å²) in [5, 5.41) is 0. The molecule has 5 nitrogen and oxygen atoms in total. The van der Waals surface area contributed by atoms with Crippen LogP contribution in [0.2, 0.25) is 0 Å². The molecule has 1 fully saturated rings. The molecule has 130 valence electrons. The first-order valence-corrected chi connectivity index (χ1v) is 8.20. The molecule has 1 atom stereocenters. The SMILES string of the molecule is Cc1ccc(CN2C(=O)CCC2C(=O)N(C)c2ncccc2F)cc1. The van der Waals surface area contributed by atoms with E-state index in [-0.39, 0.29) is 17.6 Å². The van der Waals surface area contributed by atoms with E-state index in [9.17, 15) is 14.0 Å². The average molecular weight is 341 g/mol. The van der Waals surface area contributed by atoms with E-state index in [1.165, 1.54) is 30.3 Å². The average Bonchev–Trinajstić information content (AvgIpc) is 2.97. The molecule has 1 aromatic carbocycles. The molecule has 2 aromatic rings. The Kier molecular flexibility index (Phi) is 4.79. The fraction of sp³-hybridized carbons (Fsp3) is 0.316. The van der Waals surface area contributed by atoms with Crippen LogP contribution in [-0.4, -0.2) is 34.8 Å². The summed E-state index contributed by atoms with van der Waals surface area (Å²) in [7, 11) is 1.49. The van der Waals surface area contributed by atoms with Crippen molar-refractivity contribution in [3.63, 3.8) is 0 Å². The molecule has 1 aliphatic heterocycles. The van der Waals surface area contributed by atoms with Gasteiger partial charge in [-0.25, -0.2) is 9.37 Å². The molecule has 0 N–H and O–H groups in total. The number of aromatic nitrogens is 1. The molecular formula is C19H20FN3O2. The van der Waals surface area contributed by atoms with Crippen LogP contribution in [0.1, 0.15) is 24.0 Å². The molecule has 2 heterocycles. The van der Waals surface area contributed by atoms with Gasteiger partial charge in [0.15, 0.2) is 11.6 Å². The maximum atomic E-state index is 13.9. The second-order valence-electron chi connectivity index (χ2n) is 6.27. The van der Waals surface area contributed by atoms with Gasteiger partial charge in [-0.1, -0.05) is 29.8 Å². The van der Waals surface area contributed by atoms with Crippen molar-refractivity contribution >= 4 is 17.6 Å². The molecule has 1 aliphatic rings. The van der Waals surface area contributed by atoms with Gasteiger partial charge in [0.1, 0.15) is 6.04 Å². The summed E-state index contributed by atoms with van der Waals surface area (Å²) in [6.45, 7) is 2.36. The largest absolute Gasteiger partial charge is 0.326 e. The summed E-state index contributed by atoms with van der Waals surface area (Å²) in [6, 6.07) is 9.98. The van der Waals surface area contributed by atoms with Gasteiger partial charge in [-0.15, -0.1) is 0 Å². The lowest BCUT2D eigenvalue weighted by atomic mass is 10.1. The lowest BCUT2D eigenvalue weighted by Crippen LogP contribution is -2.45. The van der Waals surface area contributed by atoms with Crippen LogP contribution in [0.3, 0.4) is 0 Å². The standard InChI is InChI=1S/C19H20FN3O2/c1-13-5-7-14(8-6-13)12-23-16(9-10-17(23)24)19(25)22(2)18-15(20)4-3-11-21-18/h3-8,11,16H,9-10,12H2,1-2H3. The molecule has 2 amide bonds. The van der Waals surface area contributed by atoms with Crippen LogP contribution in [0.25, 0.3) is 0 Å². The number of hydrogen-bond acceptors (Lipinski definition) is 3. The Morgan fingerprint density at radius 2 is 2.04 bits per heavy atom. The van der Waals surface area contributed by atoms with Crippen LogP contribution in [0.15, 0.2) is 42.6 Å². The molecule has 0 aliphatic carbocycles. The van der Waals surface area contributed by atoms with Crippen molar-refractivity contribution in [3.05, 3.63) is 59.5 Å². The van der Waals surface area contributed by atoms with Crippen molar-refractivity contribution < 1.29 is 14.0 Å². The van der Waals surface area contributed by atoms with Gasteiger partial charge in [0.05, 0.1) is 0 Å². The number of benzene rings is 1. The lowest BCUT2D eigenvalue weighted by molar-refractivity contribution is -0.134. The number of carbonyl (C=O) groups is 2. The van der Waals surface area contributed by atoms with Gasteiger partial charge in [0.25, 0.3) is 5.91 Å². The van der Waals surface area contributed by atoms with Crippen molar-refractivity contribution in [2.75, 3.05) is 11.9 Å². The number of aryl methyl sites for hydroxylation is 1. The fourth-order valence-electron chi connectivity index (χ4n) is 3.03. The Morgan fingerprint density at radius 1 is 1.32 bits per heavy atom. The van der Waals surface area contributed by atoms with Gasteiger partial charge in [0, 0.05) is 26.2 Å². The fourth-order valence-corrected chi connectivity index (χ4v) is 3.03. The van der Waals surface area contributed by atoms with Crippen molar-refractivity contribution in [1.29, 1.82) is 0 Å². The normalized spacial score (nSPS) is 17.0. The van der Waals surface area contributed by atoms with Crippen molar-refractivity contribution in [1.82, 2.24) is 9.88 Å². The molecule has 1 saturated heterocycles. The van der Waals surface area contributed by atoms with Gasteiger partial charge >= 0.3 is 0 Å². The van der Waals surface area contributed by atoms with Crippen molar-refractivity contribution in [2.45, 2.75) is 32.4 Å². The van der Waals surface area contributed by atoms with Crippen LogP contribution in [0, 0.1) is 12.7 Å². The molecule has 0 radical (unpaired) electrons. The van der Waals surface area contributed by atoms with E-state index < -0.39 is 11.9 Å². The van der Waals surface area contributed by atoms with E-state index in [0.717, 1.165) is 11.1 Å². The number of likely N-dealkylation sites (tertiary alicyclic amines) is 1. The monoisotopic (exact) mass is 341 g/mol. The molecule has 1 aromatic heterocycles. The number of anilines is 1. The summed E-state index contributed by atoms with van der Waals surface area (Å²) in [5.74, 6) is -0.973. The van der Waals surface area contributed by atoms with Crippen LogP contribution >= 0.6 is 0 Å². The molecule has 0 spiro atoms. The number of nitrogens with zero attached hydrogens (tertiary/aromatic N) is 3. The van der Waals surface area contributed by atoms with Gasteiger partial charge in [-0.3, -0.25) is 14.5 Å². The second kappa shape index (κ2) is 7.01. The first kappa shape index (κ1) is 17.1. The first-order chi connectivity index (χ1) is 12.0. The van der Waals surface area contributed by atoms with Gasteiger partial charge in [-0.2, -0.15) is 0 Å². The zero-order chi connectivity index (χ0) is 18.0. The molecule has 1 unspecified atom stereocenters. The summed E-state index contributed by atoms with van der Waals surface area (Å²) in [5.41, 5.74) is 2.10. The quantitative estimate of drug-likeness (QED) is 0.859. The lowest BCUT2D eigenvalue weighted by Gasteiger charge is -2.28. The number of rotatable bonds is 4. The molecule has 6 heteroatoms. The number of carbonyl (C=O) groups excluding carboxylic acids is 2. The first-order valence-electron chi connectivity index (χ1n) is 8.20. The maximum absolute atomic E-state index is 13.9. The van der Waals surface area contributed by atoms with Crippen LogP contribution in [0.5, 0.6) is 0 Å². The number of likely N-dealkylation sites (N-methyl/N-ethyl adjacent to an activating group) is 1. The maximum Gasteiger partial charge on any atom is 0.250 e. The van der Waals surface area contributed by atoms with Gasteiger partial charge in [-0.05, 0) is 31.0 Å². The highest BCUT2D eigenvalue weighted by Crippen LogP contribution is 2.25. The molecule has 0 saturated carbocycles. The molecule has 25 heavy (non-hydrogen) atoms. The Bertz CT molecular complexity index is 792. The third-order valence-electron chi connectivity index (χ3n) is 4.47.